The van der Waals surface area contributed by atoms with Crippen molar-refractivity contribution in [2.45, 2.75) is 25.8 Å². The Bertz CT molecular complexity index is 760. The van der Waals surface area contributed by atoms with Crippen LogP contribution in [0.3, 0.4) is 0 Å². The van der Waals surface area contributed by atoms with E-state index in [1.165, 1.54) is 0 Å². The minimum absolute atomic E-state index is 0.172. The number of carbonyl (C=O) groups is 1. The van der Waals surface area contributed by atoms with E-state index in [0.717, 1.165) is 29.7 Å². The molecule has 0 saturated carbocycles. The normalized spacial score (nSPS) is 12.5. The summed E-state index contributed by atoms with van der Waals surface area (Å²) in [5.74, 6) is 0.802. The van der Waals surface area contributed by atoms with Crippen molar-refractivity contribution in [3.8, 4) is 0 Å². The molecule has 0 saturated heterocycles. The number of carbonyl (C=O) groups excluding carboxylic acids is 1. The minimum Gasteiger partial charge on any atom is -0.444 e. The highest BCUT2D eigenvalue weighted by molar-refractivity contribution is 9.10. The second-order valence-electron chi connectivity index (χ2n) is 5.06. The van der Waals surface area contributed by atoms with Crippen molar-refractivity contribution < 1.29 is 9.21 Å². The first-order valence-electron chi connectivity index (χ1n) is 7.18. The van der Waals surface area contributed by atoms with Crippen LogP contribution in [-0.4, -0.2) is 15.9 Å². The number of H-pyrrole nitrogens is 1. The summed E-state index contributed by atoms with van der Waals surface area (Å²) in [6.45, 7) is 2.07. The molecule has 6 heteroatoms. The van der Waals surface area contributed by atoms with Crippen molar-refractivity contribution in [3.63, 3.8) is 0 Å². The number of aromatic amines is 1. The summed E-state index contributed by atoms with van der Waals surface area (Å²) in [4.78, 5) is 20.1. The summed E-state index contributed by atoms with van der Waals surface area (Å²) in [6.07, 6.45) is 1.73. The van der Waals surface area contributed by atoms with Crippen molar-refractivity contribution in [2.24, 2.45) is 0 Å². The number of nitrogens with zero attached hydrogens (tertiary/aromatic N) is 1. The Morgan fingerprint density at radius 3 is 2.86 bits per heavy atom. The molecule has 1 aromatic carbocycles. The third-order valence-electron chi connectivity index (χ3n) is 3.42. The lowest BCUT2D eigenvalue weighted by Gasteiger charge is -2.14. The lowest BCUT2D eigenvalue weighted by molar-refractivity contribution is 0.0903. The van der Waals surface area contributed by atoms with E-state index in [9.17, 15) is 4.79 Å². The second kappa shape index (κ2) is 6.36. The molecule has 0 unspecified atom stereocenters. The molecular weight excluding hydrogens is 346 g/mol. The van der Waals surface area contributed by atoms with E-state index >= 15 is 0 Å². The van der Waals surface area contributed by atoms with E-state index in [2.05, 4.69) is 38.1 Å². The lowest BCUT2D eigenvalue weighted by atomic mass is 10.1. The molecule has 22 heavy (non-hydrogen) atoms. The van der Waals surface area contributed by atoms with Crippen LogP contribution in [0.15, 0.2) is 45.5 Å². The molecule has 1 atom stereocenters. The quantitative estimate of drug-likeness (QED) is 0.715. The zero-order valence-electron chi connectivity index (χ0n) is 12.1. The van der Waals surface area contributed by atoms with Gasteiger partial charge in [0.05, 0.1) is 17.1 Å². The number of benzene rings is 1. The maximum atomic E-state index is 12.3. The molecule has 0 aliphatic rings. The predicted octanol–water partition coefficient (Wildman–Crippen LogP) is 4.19. The third-order valence-corrected chi connectivity index (χ3v) is 3.84. The summed E-state index contributed by atoms with van der Waals surface area (Å²) >= 11 is 3.20. The molecule has 0 spiro atoms. The third kappa shape index (κ3) is 3.06. The number of halogens is 1. The van der Waals surface area contributed by atoms with Gasteiger partial charge in [0.2, 0.25) is 0 Å². The Hall–Kier alpha value is -2.08. The van der Waals surface area contributed by atoms with Crippen LogP contribution in [0.4, 0.5) is 0 Å². The van der Waals surface area contributed by atoms with Crippen LogP contribution in [0.1, 0.15) is 42.2 Å². The fourth-order valence-electron chi connectivity index (χ4n) is 2.37. The van der Waals surface area contributed by atoms with Crippen LogP contribution in [0, 0.1) is 0 Å². The topological polar surface area (TPSA) is 70.9 Å². The summed E-state index contributed by atoms with van der Waals surface area (Å²) < 4.78 is 5.83. The average molecular weight is 362 g/mol. The van der Waals surface area contributed by atoms with E-state index in [1.54, 1.807) is 12.1 Å². The maximum absolute atomic E-state index is 12.3. The first-order valence-corrected chi connectivity index (χ1v) is 7.97. The zero-order chi connectivity index (χ0) is 15.5. The molecule has 3 rings (SSSR count). The Morgan fingerprint density at radius 2 is 2.18 bits per heavy atom. The number of aromatic nitrogens is 2. The van der Waals surface area contributed by atoms with Gasteiger partial charge in [0.25, 0.3) is 5.91 Å². The van der Waals surface area contributed by atoms with Crippen molar-refractivity contribution in [1.29, 1.82) is 0 Å². The molecule has 3 aromatic rings. The Morgan fingerprint density at radius 1 is 1.36 bits per heavy atom. The number of hydrogen-bond donors (Lipinski definition) is 2. The smallest absolute Gasteiger partial charge is 0.287 e. The predicted molar refractivity (Wildman–Crippen MR) is 87.6 cm³/mol. The number of para-hydroxylation sites is 2. The highest BCUT2D eigenvalue weighted by Crippen LogP contribution is 2.21. The molecule has 0 aliphatic heterocycles. The number of fused-ring (bicyclic) bond motifs is 1. The second-order valence-corrected chi connectivity index (χ2v) is 5.84. The minimum atomic E-state index is -0.246. The number of rotatable bonds is 5. The van der Waals surface area contributed by atoms with Gasteiger partial charge in [0.15, 0.2) is 10.4 Å². The summed E-state index contributed by atoms with van der Waals surface area (Å²) in [6, 6.07) is 11.0. The van der Waals surface area contributed by atoms with E-state index in [0.29, 0.717) is 4.67 Å². The molecule has 1 amide bonds. The van der Waals surface area contributed by atoms with Gasteiger partial charge in [0.1, 0.15) is 5.82 Å². The molecule has 0 radical (unpaired) electrons. The average Bonchev–Trinajstić information content (AvgIpc) is 3.12. The van der Waals surface area contributed by atoms with Crippen molar-refractivity contribution >= 4 is 32.9 Å². The standard InChI is InChI=1S/C16H16BrN3O2/c1-2-5-12(20-16(21)13-8-9-14(17)22-13)15-18-10-6-3-4-7-11(10)19-15/h3-4,6-9,12H,2,5H2,1H3,(H,18,19)(H,20,21)/t12-/m1/s1. The van der Waals surface area contributed by atoms with Gasteiger partial charge in [-0.2, -0.15) is 0 Å². The molecular formula is C16H16BrN3O2. The molecule has 0 aliphatic carbocycles. The van der Waals surface area contributed by atoms with E-state index in [-0.39, 0.29) is 17.7 Å². The highest BCUT2D eigenvalue weighted by Gasteiger charge is 2.20. The van der Waals surface area contributed by atoms with Gasteiger partial charge in [-0.3, -0.25) is 4.79 Å². The molecule has 0 fully saturated rings. The Kier molecular flexibility index (Phi) is 4.29. The van der Waals surface area contributed by atoms with Crippen LogP contribution in [0.2, 0.25) is 0 Å². The van der Waals surface area contributed by atoms with Crippen molar-refractivity contribution in [2.75, 3.05) is 0 Å². The number of imidazole rings is 1. The summed E-state index contributed by atoms with van der Waals surface area (Å²) in [5.41, 5.74) is 1.86. The molecule has 2 aromatic heterocycles. The zero-order valence-corrected chi connectivity index (χ0v) is 13.7. The molecule has 2 N–H and O–H groups in total. The van der Waals surface area contributed by atoms with Gasteiger partial charge < -0.3 is 14.7 Å². The molecule has 0 bridgehead atoms. The summed E-state index contributed by atoms with van der Waals surface area (Å²) in [7, 11) is 0. The monoisotopic (exact) mass is 361 g/mol. The number of amides is 1. The largest absolute Gasteiger partial charge is 0.444 e. The van der Waals surface area contributed by atoms with Crippen LogP contribution < -0.4 is 5.32 Å². The van der Waals surface area contributed by atoms with Gasteiger partial charge in [-0.1, -0.05) is 25.5 Å². The Balaban J connectivity index is 1.84. The van der Waals surface area contributed by atoms with Crippen LogP contribution in [-0.2, 0) is 0 Å². The molecule has 5 nitrogen and oxygen atoms in total. The fourth-order valence-corrected chi connectivity index (χ4v) is 2.68. The van der Waals surface area contributed by atoms with Gasteiger partial charge >= 0.3 is 0 Å². The van der Waals surface area contributed by atoms with E-state index < -0.39 is 0 Å². The highest BCUT2D eigenvalue weighted by atomic mass is 79.9. The van der Waals surface area contributed by atoms with Crippen molar-refractivity contribution in [3.05, 3.63) is 52.7 Å². The number of furan rings is 1. The van der Waals surface area contributed by atoms with Gasteiger partial charge in [-0.25, -0.2) is 4.98 Å². The first kappa shape index (κ1) is 14.8. The van der Waals surface area contributed by atoms with Crippen molar-refractivity contribution in [1.82, 2.24) is 15.3 Å². The SMILES string of the molecule is CCC[C@@H](NC(=O)c1ccc(Br)o1)c1nc2ccccc2[nH]1. The van der Waals surface area contributed by atoms with Crippen LogP contribution >= 0.6 is 15.9 Å². The fraction of sp³-hybridized carbons (Fsp3) is 0.250. The maximum Gasteiger partial charge on any atom is 0.287 e. The Labute approximate surface area is 136 Å². The summed E-state index contributed by atoms with van der Waals surface area (Å²) in [5, 5.41) is 2.98. The molecule has 114 valence electrons. The molecule has 2 heterocycles. The number of nitrogens with one attached hydrogen (secondary N) is 2. The van der Waals surface area contributed by atoms with Crippen LogP contribution in [0.25, 0.3) is 11.0 Å². The lowest BCUT2D eigenvalue weighted by Crippen LogP contribution is -2.29. The van der Waals surface area contributed by atoms with E-state index in [1.807, 2.05) is 24.3 Å². The van der Waals surface area contributed by atoms with Gasteiger partial charge in [-0.05, 0) is 46.6 Å². The van der Waals surface area contributed by atoms with E-state index in [4.69, 9.17) is 4.42 Å². The van der Waals surface area contributed by atoms with Crippen LogP contribution in [0.5, 0.6) is 0 Å². The number of hydrogen-bond acceptors (Lipinski definition) is 3. The first-order chi connectivity index (χ1) is 10.7. The van der Waals surface area contributed by atoms with Gasteiger partial charge in [0, 0.05) is 0 Å². The van der Waals surface area contributed by atoms with Gasteiger partial charge in [-0.15, -0.1) is 0 Å².